The van der Waals surface area contributed by atoms with Crippen molar-refractivity contribution in [2.75, 3.05) is 19.3 Å². The average molecular weight is 263 g/mol. The van der Waals surface area contributed by atoms with Gasteiger partial charge in [-0.15, -0.1) is 0 Å². The van der Waals surface area contributed by atoms with Crippen molar-refractivity contribution in [3.8, 4) is 0 Å². The van der Waals surface area contributed by atoms with Crippen molar-refractivity contribution in [3.63, 3.8) is 0 Å². The first-order valence-electron chi connectivity index (χ1n) is 7.07. The van der Waals surface area contributed by atoms with Crippen molar-refractivity contribution in [2.24, 2.45) is 0 Å². The zero-order valence-corrected chi connectivity index (χ0v) is 12.4. The van der Waals surface area contributed by atoms with Crippen LogP contribution in [0.1, 0.15) is 44.1 Å². The van der Waals surface area contributed by atoms with E-state index in [9.17, 15) is 0 Å². The van der Waals surface area contributed by atoms with Gasteiger partial charge in [0.1, 0.15) is 0 Å². The highest BCUT2D eigenvalue weighted by atomic mass is 32.2. The Morgan fingerprint density at radius 2 is 1.89 bits per heavy atom. The van der Waals surface area contributed by atoms with Crippen LogP contribution in [0.15, 0.2) is 30.3 Å². The van der Waals surface area contributed by atoms with Gasteiger partial charge in [0.25, 0.3) is 0 Å². The molecule has 0 radical (unpaired) electrons. The third-order valence-corrected chi connectivity index (χ3v) is 5.63. The first-order valence-corrected chi connectivity index (χ1v) is 8.29. The highest BCUT2D eigenvalue weighted by Gasteiger charge is 2.32. The SMILES string of the molecule is CSC1(CNCC(C)c2ccccc2)CCCC1. The molecule has 1 aliphatic carbocycles. The summed E-state index contributed by atoms with van der Waals surface area (Å²) < 4.78 is 0.524. The van der Waals surface area contributed by atoms with E-state index in [0.717, 1.165) is 6.54 Å². The second-order valence-electron chi connectivity index (χ2n) is 5.54. The Balaban J connectivity index is 1.78. The molecular formula is C16H25NS. The van der Waals surface area contributed by atoms with Gasteiger partial charge in [0.15, 0.2) is 0 Å². The lowest BCUT2D eigenvalue weighted by Crippen LogP contribution is -2.36. The van der Waals surface area contributed by atoms with Gasteiger partial charge in [0.05, 0.1) is 0 Å². The summed E-state index contributed by atoms with van der Waals surface area (Å²) in [6, 6.07) is 10.8. The predicted octanol–water partition coefficient (Wildman–Crippen LogP) is 4.06. The molecule has 1 aromatic rings. The van der Waals surface area contributed by atoms with E-state index in [-0.39, 0.29) is 0 Å². The van der Waals surface area contributed by atoms with E-state index in [1.54, 1.807) is 0 Å². The molecule has 0 heterocycles. The molecule has 0 aromatic heterocycles. The molecule has 1 atom stereocenters. The molecule has 1 unspecified atom stereocenters. The number of nitrogens with one attached hydrogen (secondary N) is 1. The number of hydrogen-bond acceptors (Lipinski definition) is 2. The van der Waals surface area contributed by atoms with Crippen LogP contribution in [-0.2, 0) is 0 Å². The molecule has 100 valence electrons. The van der Waals surface area contributed by atoms with Crippen LogP contribution in [0.3, 0.4) is 0 Å². The predicted molar refractivity (Wildman–Crippen MR) is 82.4 cm³/mol. The highest BCUT2D eigenvalue weighted by Crippen LogP contribution is 2.39. The van der Waals surface area contributed by atoms with Gasteiger partial charge in [-0.05, 0) is 30.6 Å². The molecule has 1 fully saturated rings. The fourth-order valence-electron chi connectivity index (χ4n) is 2.89. The topological polar surface area (TPSA) is 12.0 Å². The fourth-order valence-corrected chi connectivity index (χ4v) is 3.83. The molecule has 2 rings (SSSR count). The van der Waals surface area contributed by atoms with Crippen LogP contribution >= 0.6 is 11.8 Å². The largest absolute Gasteiger partial charge is 0.315 e. The third kappa shape index (κ3) is 3.52. The summed E-state index contributed by atoms with van der Waals surface area (Å²) in [4.78, 5) is 0. The molecule has 1 aromatic carbocycles. The number of benzene rings is 1. The summed E-state index contributed by atoms with van der Waals surface area (Å²) >= 11 is 2.06. The van der Waals surface area contributed by atoms with Crippen LogP contribution in [0.4, 0.5) is 0 Å². The van der Waals surface area contributed by atoms with E-state index in [4.69, 9.17) is 0 Å². The molecule has 18 heavy (non-hydrogen) atoms. The van der Waals surface area contributed by atoms with E-state index in [1.807, 2.05) is 0 Å². The van der Waals surface area contributed by atoms with Crippen molar-refractivity contribution in [3.05, 3.63) is 35.9 Å². The van der Waals surface area contributed by atoms with Crippen molar-refractivity contribution in [2.45, 2.75) is 43.3 Å². The van der Waals surface area contributed by atoms with Gasteiger partial charge in [-0.3, -0.25) is 0 Å². The summed E-state index contributed by atoms with van der Waals surface area (Å²) in [7, 11) is 0. The highest BCUT2D eigenvalue weighted by molar-refractivity contribution is 8.00. The van der Waals surface area contributed by atoms with Crippen molar-refractivity contribution in [1.82, 2.24) is 5.32 Å². The van der Waals surface area contributed by atoms with Gasteiger partial charge in [-0.2, -0.15) is 11.8 Å². The molecule has 2 heteroatoms. The van der Waals surface area contributed by atoms with E-state index >= 15 is 0 Å². The minimum Gasteiger partial charge on any atom is -0.315 e. The first-order chi connectivity index (χ1) is 8.76. The maximum atomic E-state index is 3.70. The number of thioether (sulfide) groups is 1. The average Bonchev–Trinajstić information content (AvgIpc) is 2.89. The smallest absolute Gasteiger partial charge is 0.0281 e. The standard InChI is InChI=1S/C16H25NS/c1-14(15-8-4-3-5-9-15)12-17-13-16(18-2)10-6-7-11-16/h3-5,8-9,14,17H,6-7,10-13H2,1-2H3. The summed E-state index contributed by atoms with van der Waals surface area (Å²) in [5.41, 5.74) is 1.44. The second kappa shape index (κ2) is 6.63. The second-order valence-corrected chi connectivity index (χ2v) is 6.81. The maximum absolute atomic E-state index is 3.70. The molecule has 0 amide bonds. The van der Waals surface area contributed by atoms with Gasteiger partial charge in [-0.1, -0.05) is 50.1 Å². The molecule has 1 nitrogen and oxygen atoms in total. The number of rotatable bonds is 6. The Labute approximate surface area is 116 Å². The molecule has 0 saturated heterocycles. The van der Waals surface area contributed by atoms with Gasteiger partial charge in [0, 0.05) is 17.8 Å². The van der Waals surface area contributed by atoms with Crippen molar-refractivity contribution in [1.29, 1.82) is 0 Å². The maximum Gasteiger partial charge on any atom is 0.0281 e. The van der Waals surface area contributed by atoms with Gasteiger partial charge in [0.2, 0.25) is 0 Å². The van der Waals surface area contributed by atoms with Crippen molar-refractivity contribution >= 4 is 11.8 Å². The van der Waals surface area contributed by atoms with Crippen LogP contribution in [-0.4, -0.2) is 24.1 Å². The van der Waals surface area contributed by atoms with Gasteiger partial charge in [-0.25, -0.2) is 0 Å². The van der Waals surface area contributed by atoms with E-state index in [0.29, 0.717) is 10.7 Å². The summed E-state index contributed by atoms with van der Waals surface area (Å²) in [5.74, 6) is 0.603. The van der Waals surface area contributed by atoms with E-state index in [1.165, 1.54) is 37.8 Å². The van der Waals surface area contributed by atoms with E-state index < -0.39 is 0 Å². The fraction of sp³-hybridized carbons (Fsp3) is 0.625. The molecule has 1 saturated carbocycles. The van der Waals surface area contributed by atoms with Gasteiger partial charge < -0.3 is 5.32 Å². The minimum absolute atomic E-state index is 0.524. The molecule has 0 spiro atoms. The zero-order valence-electron chi connectivity index (χ0n) is 11.6. The lowest BCUT2D eigenvalue weighted by molar-refractivity contribution is 0.515. The quantitative estimate of drug-likeness (QED) is 0.831. The van der Waals surface area contributed by atoms with Crippen LogP contribution in [0.5, 0.6) is 0 Å². The Kier molecular flexibility index (Phi) is 5.13. The van der Waals surface area contributed by atoms with Crippen LogP contribution in [0, 0.1) is 0 Å². The Bertz CT molecular complexity index is 343. The molecular weight excluding hydrogens is 238 g/mol. The minimum atomic E-state index is 0.524. The molecule has 0 aliphatic heterocycles. The molecule has 1 N–H and O–H groups in total. The zero-order chi connectivity index (χ0) is 12.8. The lowest BCUT2D eigenvalue weighted by atomic mass is 10.0. The summed E-state index contributed by atoms with van der Waals surface area (Å²) in [6.07, 6.45) is 7.88. The van der Waals surface area contributed by atoms with Crippen LogP contribution < -0.4 is 5.32 Å². The first kappa shape index (κ1) is 14.0. The Morgan fingerprint density at radius 1 is 1.22 bits per heavy atom. The summed E-state index contributed by atoms with van der Waals surface area (Å²) in [5, 5.41) is 3.70. The Morgan fingerprint density at radius 3 is 2.50 bits per heavy atom. The van der Waals surface area contributed by atoms with Gasteiger partial charge >= 0.3 is 0 Å². The van der Waals surface area contributed by atoms with E-state index in [2.05, 4.69) is 60.6 Å². The van der Waals surface area contributed by atoms with Crippen LogP contribution in [0.2, 0.25) is 0 Å². The number of hydrogen-bond donors (Lipinski definition) is 1. The third-order valence-electron chi connectivity index (χ3n) is 4.21. The monoisotopic (exact) mass is 263 g/mol. The normalized spacial score (nSPS) is 19.9. The summed E-state index contributed by atoms with van der Waals surface area (Å²) in [6.45, 7) is 4.57. The van der Waals surface area contributed by atoms with Crippen LogP contribution in [0.25, 0.3) is 0 Å². The van der Waals surface area contributed by atoms with Crippen molar-refractivity contribution < 1.29 is 0 Å². The lowest BCUT2D eigenvalue weighted by Gasteiger charge is -2.28. The molecule has 1 aliphatic rings. The molecule has 0 bridgehead atoms. The Hall–Kier alpha value is -0.470.